The van der Waals surface area contributed by atoms with E-state index in [1.807, 2.05) is 54.6 Å². The molecule has 0 aromatic heterocycles. The second-order valence-electron chi connectivity index (χ2n) is 7.36. The average molecular weight is 395 g/mol. The van der Waals surface area contributed by atoms with Crippen LogP contribution in [0.1, 0.15) is 24.1 Å². The molecule has 152 valence electrons. The van der Waals surface area contributed by atoms with Gasteiger partial charge in [0.15, 0.2) is 0 Å². The van der Waals surface area contributed by atoms with E-state index in [2.05, 4.69) is 4.90 Å². The van der Waals surface area contributed by atoms with Crippen LogP contribution in [0.5, 0.6) is 5.75 Å². The number of ether oxygens (including phenoxy) is 3. The van der Waals surface area contributed by atoms with Crippen LogP contribution in [0.25, 0.3) is 0 Å². The summed E-state index contributed by atoms with van der Waals surface area (Å²) in [7, 11) is 1.36. The van der Waals surface area contributed by atoms with Crippen molar-refractivity contribution in [2.75, 3.05) is 20.3 Å². The molecule has 1 saturated heterocycles. The van der Waals surface area contributed by atoms with Gasteiger partial charge in [0.1, 0.15) is 11.8 Å². The summed E-state index contributed by atoms with van der Waals surface area (Å²) >= 11 is 0. The molecule has 0 saturated carbocycles. The number of fused-ring (bicyclic) bond motifs is 3. The van der Waals surface area contributed by atoms with Crippen molar-refractivity contribution in [3.05, 3.63) is 65.7 Å². The van der Waals surface area contributed by atoms with Gasteiger partial charge in [0.2, 0.25) is 0 Å². The van der Waals surface area contributed by atoms with Gasteiger partial charge in [-0.3, -0.25) is 14.5 Å². The summed E-state index contributed by atoms with van der Waals surface area (Å²) in [5.41, 5.74) is 2.05. The van der Waals surface area contributed by atoms with Crippen LogP contribution in [0.3, 0.4) is 0 Å². The largest absolute Gasteiger partial charge is 0.493 e. The zero-order valence-electron chi connectivity index (χ0n) is 16.6. The number of hydrogen-bond donors (Lipinski definition) is 0. The second kappa shape index (κ2) is 8.25. The SMILES string of the molecule is CCOC(=O)[C@@H]1[C@H](C(=O)OC)[C@H]2COc3ccccc3[C@H]2N1Cc1ccccc1. The monoisotopic (exact) mass is 395 g/mol. The minimum atomic E-state index is -0.729. The number of benzene rings is 2. The van der Waals surface area contributed by atoms with Gasteiger partial charge in [0.25, 0.3) is 0 Å². The van der Waals surface area contributed by atoms with Crippen molar-refractivity contribution >= 4 is 11.9 Å². The van der Waals surface area contributed by atoms with Crippen LogP contribution in [0.4, 0.5) is 0 Å². The Hall–Kier alpha value is -2.86. The lowest BCUT2D eigenvalue weighted by Gasteiger charge is -2.34. The summed E-state index contributed by atoms with van der Waals surface area (Å²) in [6.45, 7) is 2.90. The fraction of sp³-hybridized carbons (Fsp3) is 0.391. The van der Waals surface area contributed by atoms with Gasteiger partial charge >= 0.3 is 11.9 Å². The minimum absolute atomic E-state index is 0.140. The summed E-state index contributed by atoms with van der Waals surface area (Å²) in [6.07, 6.45) is 0. The van der Waals surface area contributed by atoms with Crippen LogP contribution in [0.15, 0.2) is 54.6 Å². The van der Waals surface area contributed by atoms with Crippen molar-refractivity contribution in [3.63, 3.8) is 0 Å². The van der Waals surface area contributed by atoms with Gasteiger partial charge < -0.3 is 14.2 Å². The maximum atomic E-state index is 13.0. The molecule has 29 heavy (non-hydrogen) atoms. The number of nitrogens with zero attached hydrogens (tertiary/aromatic N) is 1. The van der Waals surface area contributed by atoms with Crippen molar-refractivity contribution in [2.45, 2.75) is 25.6 Å². The number of methoxy groups -OCH3 is 1. The van der Waals surface area contributed by atoms with Crippen molar-refractivity contribution in [1.29, 1.82) is 0 Å². The zero-order valence-corrected chi connectivity index (χ0v) is 16.6. The Morgan fingerprint density at radius 1 is 1.07 bits per heavy atom. The number of carbonyl (C=O) groups is 2. The van der Waals surface area contributed by atoms with Gasteiger partial charge in [-0.15, -0.1) is 0 Å². The van der Waals surface area contributed by atoms with Gasteiger partial charge in [0, 0.05) is 24.1 Å². The molecule has 6 heteroatoms. The molecule has 6 nitrogen and oxygen atoms in total. The van der Waals surface area contributed by atoms with Gasteiger partial charge in [-0.25, -0.2) is 0 Å². The Morgan fingerprint density at radius 3 is 2.52 bits per heavy atom. The molecule has 0 bridgehead atoms. The van der Waals surface area contributed by atoms with E-state index in [-0.39, 0.29) is 18.6 Å². The molecular formula is C23H25NO5. The van der Waals surface area contributed by atoms with E-state index in [0.29, 0.717) is 13.2 Å². The molecule has 4 atom stereocenters. The molecule has 2 aromatic rings. The third-order valence-electron chi connectivity index (χ3n) is 5.80. The smallest absolute Gasteiger partial charge is 0.324 e. The summed E-state index contributed by atoms with van der Waals surface area (Å²) in [5, 5.41) is 0. The van der Waals surface area contributed by atoms with Crippen LogP contribution >= 0.6 is 0 Å². The van der Waals surface area contributed by atoms with Crippen LogP contribution in [-0.4, -0.2) is 43.2 Å². The van der Waals surface area contributed by atoms with Gasteiger partial charge in [-0.05, 0) is 18.6 Å². The van der Waals surface area contributed by atoms with E-state index in [9.17, 15) is 9.59 Å². The van der Waals surface area contributed by atoms with E-state index in [0.717, 1.165) is 16.9 Å². The van der Waals surface area contributed by atoms with Crippen LogP contribution in [0, 0.1) is 11.8 Å². The number of rotatable bonds is 5. The fourth-order valence-electron chi connectivity index (χ4n) is 4.64. The third-order valence-corrected chi connectivity index (χ3v) is 5.80. The third kappa shape index (κ3) is 3.49. The highest BCUT2D eigenvalue weighted by Crippen LogP contribution is 2.51. The van der Waals surface area contributed by atoms with E-state index < -0.39 is 23.9 Å². The van der Waals surface area contributed by atoms with Crippen molar-refractivity contribution in [2.24, 2.45) is 11.8 Å². The second-order valence-corrected chi connectivity index (χ2v) is 7.36. The molecule has 0 spiro atoms. The van der Waals surface area contributed by atoms with E-state index in [1.54, 1.807) is 6.92 Å². The summed E-state index contributed by atoms with van der Waals surface area (Å²) in [6, 6.07) is 16.9. The first-order valence-electron chi connectivity index (χ1n) is 9.91. The Kier molecular flexibility index (Phi) is 5.53. The first-order valence-corrected chi connectivity index (χ1v) is 9.91. The highest BCUT2D eigenvalue weighted by Gasteiger charge is 2.58. The standard InChI is InChI=1S/C23H25NO5/c1-3-28-23(26)21-19(22(25)27-2)17-14-29-18-12-8-7-11-16(18)20(17)24(21)13-15-9-5-4-6-10-15/h4-12,17,19-21H,3,13-14H2,1-2H3/t17-,19-,20-,21+/m1/s1. The molecule has 1 fully saturated rings. The molecule has 0 N–H and O–H groups in total. The van der Waals surface area contributed by atoms with Crippen LogP contribution in [-0.2, 0) is 25.6 Å². The number of carbonyl (C=O) groups excluding carboxylic acids is 2. The Morgan fingerprint density at radius 2 is 1.79 bits per heavy atom. The molecule has 2 aliphatic heterocycles. The molecule has 0 radical (unpaired) electrons. The molecule has 2 aromatic carbocycles. The van der Waals surface area contributed by atoms with Crippen LogP contribution < -0.4 is 4.74 Å². The predicted octanol–water partition coefficient (Wildman–Crippen LogP) is 2.97. The number of esters is 2. The zero-order chi connectivity index (χ0) is 20.4. The predicted molar refractivity (Wildman–Crippen MR) is 106 cm³/mol. The lowest BCUT2D eigenvalue weighted by Crippen LogP contribution is -2.44. The number of para-hydroxylation sites is 1. The molecule has 0 unspecified atom stereocenters. The average Bonchev–Trinajstić information content (AvgIpc) is 3.08. The van der Waals surface area contributed by atoms with E-state index in [1.165, 1.54) is 7.11 Å². The molecule has 2 heterocycles. The Bertz CT molecular complexity index is 884. The topological polar surface area (TPSA) is 65.1 Å². The number of hydrogen-bond acceptors (Lipinski definition) is 6. The fourth-order valence-corrected chi connectivity index (χ4v) is 4.64. The van der Waals surface area contributed by atoms with Crippen molar-refractivity contribution in [1.82, 2.24) is 4.90 Å². The molecular weight excluding hydrogens is 370 g/mol. The molecule has 0 amide bonds. The molecule has 4 rings (SSSR count). The van der Waals surface area contributed by atoms with Gasteiger partial charge in [-0.1, -0.05) is 48.5 Å². The van der Waals surface area contributed by atoms with E-state index >= 15 is 0 Å². The minimum Gasteiger partial charge on any atom is -0.493 e. The van der Waals surface area contributed by atoms with Crippen molar-refractivity contribution in [3.8, 4) is 5.75 Å². The Balaban J connectivity index is 1.82. The lowest BCUT2D eigenvalue weighted by molar-refractivity contribution is -0.158. The van der Waals surface area contributed by atoms with Crippen molar-refractivity contribution < 1.29 is 23.8 Å². The summed E-state index contributed by atoms with van der Waals surface area (Å²) < 4.78 is 16.4. The number of likely N-dealkylation sites (tertiary alicyclic amines) is 1. The maximum Gasteiger partial charge on any atom is 0.324 e. The molecule has 0 aliphatic carbocycles. The van der Waals surface area contributed by atoms with E-state index in [4.69, 9.17) is 14.2 Å². The maximum absolute atomic E-state index is 13.0. The van der Waals surface area contributed by atoms with Crippen LogP contribution in [0.2, 0.25) is 0 Å². The normalized spacial score (nSPS) is 25.4. The highest BCUT2D eigenvalue weighted by molar-refractivity contribution is 5.86. The first-order chi connectivity index (χ1) is 14.2. The van der Waals surface area contributed by atoms with Gasteiger partial charge in [-0.2, -0.15) is 0 Å². The summed E-state index contributed by atoms with van der Waals surface area (Å²) in [4.78, 5) is 27.9. The highest BCUT2D eigenvalue weighted by atomic mass is 16.5. The quantitative estimate of drug-likeness (QED) is 0.726. The Labute approximate surface area is 170 Å². The van der Waals surface area contributed by atoms with Gasteiger partial charge in [0.05, 0.1) is 26.2 Å². The molecule has 2 aliphatic rings. The summed E-state index contributed by atoms with van der Waals surface area (Å²) in [5.74, 6) is -0.862. The lowest BCUT2D eigenvalue weighted by atomic mass is 9.83. The first kappa shape index (κ1) is 19.5.